The molecule has 0 radical (unpaired) electrons. The lowest BCUT2D eigenvalue weighted by Gasteiger charge is -2.29. The van der Waals surface area contributed by atoms with E-state index in [1.807, 2.05) is 6.92 Å². The Hall–Kier alpha value is -0.530. The molecule has 1 saturated carbocycles. The summed E-state index contributed by atoms with van der Waals surface area (Å²) in [5.41, 5.74) is 1.68. The van der Waals surface area contributed by atoms with Crippen molar-refractivity contribution in [3.05, 3.63) is 0 Å². The van der Waals surface area contributed by atoms with Crippen LogP contribution in [0.1, 0.15) is 46.5 Å². The molecule has 0 spiro atoms. The third-order valence-electron chi connectivity index (χ3n) is 2.32. The zero-order chi connectivity index (χ0) is 9.03. The monoisotopic (exact) mass is 169 g/mol. The van der Waals surface area contributed by atoms with Crippen molar-refractivity contribution in [2.75, 3.05) is 6.61 Å². The summed E-state index contributed by atoms with van der Waals surface area (Å²) in [6.45, 7) is 7.25. The van der Waals surface area contributed by atoms with Crippen LogP contribution in [-0.4, -0.2) is 12.3 Å². The van der Waals surface area contributed by atoms with Crippen LogP contribution >= 0.6 is 0 Å². The summed E-state index contributed by atoms with van der Waals surface area (Å²) in [6.07, 6.45) is 4.81. The summed E-state index contributed by atoms with van der Waals surface area (Å²) >= 11 is 0. The van der Waals surface area contributed by atoms with E-state index in [2.05, 4.69) is 19.0 Å². The van der Waals surface area contributed by atoms with Crippen LogP contribution in [0.25, 0.3) is 0 Å². The van der Waals surface area contributed by atoms with Crippen LogP contribution in [0, 0.1) is 5.41 Å². The van der Waals surface area contributed by atoms with Gasteiger partial charge in [0.05, 0.1) is 5.71 Å². The van der Waals surface area contributed by atoms with Gasteiger partial charge in [0.2, 0.25) is 0 Å². The molecule has 1 rings (SSSR count). The lowest BCUT2D eigenvalue weighted by molar-refractivity contribution is 0.154. The van der Waals surface area contributed by atoms with Gasteiger partial charge in [0.25, 0.3) is 0 Å². The van der Waals surface area contributed by atoms with Gasteiger partial charge < -0.3 is 4.84 Å². The highest BCUT2D eigenvalue weighted by Crippen LogP contribution is 2.33. The van der Waals surface area contributed by atoms with Gasteiger partial charge in [0.1, 0.15) is 6.61 Å². The van der Waals surface area contributed by atoms with E-state index < -0.39 is 0 Å². The Morgan fingerprint density at radius 3 is 2.83 bits per heavy atom. The van der Waals surface area contributed by atoms with Crippen molar-refractivity contribution in [3.63, 3.8) is 0 Å². The van der Waals surface area contributed by atoms with Gasteiger partial charge in [-0.05, 0) is 38.0 Å². The molecule has 2 nitrogen and oxygen atoms in total. The topological polar surface area (TPSA) is 21.6 Å². The fourth-order valence-electron chi connectivity index (χ4n) is 1.73. The molecule has 2 heteroatoms. The standard InChI is InChI=1S/C10H19NO/c1-4-12-11-9-6-5-7-10(2,3)8-9/h4-8H2,1-3H3/b11-9+. The molecule has 0 saturated heterocycles. The van der Waals surface area contributed by atoms with Crippen LogP contribution in [0.3, 0.4) is 0 Å². The summed E-state index contributed by atoms with van der Waals surface area (Å²) in [5.74, 6) is 0. The highest BCUT2D eigenvalue weighted by atomic mass is 16.6. The number of oxime groups is 1. The molecule has 0 atom stereocenters. The van der Waals surface area contributed by atoms with Gasteiger partial charge >= 0.3 is 0 Å². The van der Waals surface area contributed by atoms with E-state index in [0.717, 1.165) is 12.8 Å². The van der Waals surface area contributed by atoms with Gasteiger partial charge in [-0.25, -0.2) is 0 Å². The molecule has 0 aromatic carbocycles. The molecule has 1 aliphatic carbocycles. The minimum Gasteiger partial charge on any atom is -0.396 e. The SMILES string of the molecule is CCO/N=C1\CCCC(C)(C)C1. The predicted molar refractivity (Wildman–Crippen MR) is 51.3 cm³/mol. The number of nitrogens with zero attached hydrogens (tertiary/aromatic N) is 1. The third-order valence-corrected chi connectivity index (χ3v) is 2.32. The van der Waals surface area contributed by atoms with Crippen LogP contribution in [0.5, 0.6) is 0 Å². The van der Waals surface area contributed by atoms with Crippen LogP contribution < -0.4 is 0 Å². The average Bonchev–Trinajstić information content (AvgIpc) is 1.99. The Labute approximate surface area is 75.0 Å². The molecule has 70 valence electrons. The highest BCUT2D eigenvalue weighted by Gasteiger charge is 2.25. The van der Waals surface area contributed by atoms with Crippen LogP contribution in [0.2, 0.25) is 0 Å². The molecule has 0 N–H and O–H groups in total. The quantitative estimate of drug-likeness (QED) is 0.582. The molecule has 1 aliphatic rings. The average molecular weight is 169 g/mol. The molecular formula is C10H19NO. The van der Waals surface area contributed by atoms with Gasteiger partial charge in [-0.2, -0.15) is 0 Å². The molecule has 0 amide bonds. The maximum Gasteiger partial charge on any atom is 0.114 e. The van der Waals surface area contributed by atoms with E-state index >= 15 is 0 Å². The first-order valence-electron chi connectivity index (χ1n) is 4.82. The predicted octanol–water partition coefficient (Wildman–Crippen LogP) is 2.98. The van der Waals surface area contributed by atoms with E-state index in [-0.39, 0.29) is 0 Å². The molecule has 0 aliphatic heterocycles. The van der Waals surface area contributed by atoms with Gasteiger partial charge in [0.15, 0.2) is 0 Å². The number of hydrogen-bond donors (Lipinski definition) is 0. The number of rotatable bonds is 2. The lowest BCUT2D eigenvalue weighted by Crippen LogP contribution is -2.22. The molecule has 12 heavy (non-hydrogen) atoms. The normalized spacial score (nSPS) is 25.8. The van der Waals surface area contributed by atoms with Crippen LogP contribution in [0.15, 0.2) is 5.16 Å². The zero-order valence-corrected chi connectivity index (χ0v) is 8.39. The van der Waals surface area contributed by atoms with Crippen molar-refractivity contribution in [1.82, 2.24) is 0 Å². The summed E-state index contributed by atoms with van der Waals surface area (Å²) in [7, 11) is 0. The van der Waals surface area contributed by atoms with E-state index in [1.165, 1.54) is 18.6 Å². The van der Waals surface area contributed by atoms with Gasteiger partial charge in [-0.3, -0.25) is 0 Å². The Morgan fingerprint density at radius 1 is 1.50 bits per heavy atom. The molecule has 0 aromatic rings. The van der Waals surface area contributed by atoms with Crippen molar-refractivity contribution in [2.45, 2.75) is 46.5 Å². The second-order valence-electron chi connectivity index (χ2n) is 4.27. The van der Waals surface area contributed by atoms with Gasteiger partial charge in [0, 0.05) is 0 Å². The fraction of sp³-hybridized carbons (Fsp3) is 0.900. The number of hydrogen-bond acceptors (Lipinski definition) is 2. The smallest absolute Gasteiger partial charge is 0.114 e. The lowest BCUT2D eigenvalue weighted by atomic mass is 9.77. The molecule has 0 unspecified atom stereocenters. The Morgan fingerprint density at radius 2 is 2.25 bits per heavy atom. The van der Waals surface area contributed by atoms with Crippen molar-refractivity contribution >= 4 is 5.71 Å². The highest BCUT2D eigenvalue weighted by molar-refractivity contribution is 5.85. The van der Waals surface area contributed by atoms with Crippen LogP contribution in [0.4, 0.5) is 0 Å². The first-order valence-corrected chi connectivity index (χ1v) is 4.82. The Kier molecular flexibility index (Phi) is 3.12. The summed E-state index contributed by atoms with van der Waals surface area (Å²) in [5, 5.41) is 4.11. The molecular weight excluding hydrogens is 150 g/mol. The van der Waals surface area contributed by atoms with E-state index in [0.29, 0.717) is 12.0 Å². The largest absolute Gasteiger partial charge is 0.396 e. The second kappa shape index (κ2) is 3.92. The molecule has 1 fully saturated rings. The zero-order valence-electron chi connectivity index (χ0n) is 8.39. The molecule has 0 bridgehead atoms. The summed E-state index contributed by atoms with van der Waals surface area (Å²) in [4.78, 5) is 5.05. The van der Waals surface area contributed by atoms with Crippen molar-refractivity contribution in [1.29, 1.82) is 0 Å². The third kappa shape index (κ3) is 2.84. The molecule has 0 aromatic heterocycles. The maximum absolute atomic E-state index is 5.05. The first kappa shape index (κ1) is 9.56. The maximum atomic E-state index is 5.05. The van der Waals surface area contributed by atoms with E-state index in [1.54, 1.807) is 0 Å². The first-order chi connectivity index (χ1) is 5.64. The summed E-state index contributed by atoms with van der Waals surface area (Å²) in [6, 6.07) is 0. The fourth-order valence-corrected chi connectivity index (χ4v) is 1.73. The van der Waals surface area contributed by atoms with Crippen LogP contribution in [-0.2, 0) is 4.84 Å². The minimum atomic E-state index is 0.439. The summed E-state index contributed by atoms with van der Waals surface area (Å²) < 4.78 is 0. The van der Waals surface area contributed by atoms with Crippen molar-refractivity contribution in [2.24, 2.45) is 10.6 Å². The Bertz CT molecular complexity index is 173. The van der Waals surface area contributed by atoms with Crippen molar-refractivity contribution < 1.29 is 4.84 Å². The van der Waals surface area contributed by atoms with E-state index in [9.17, 15) is 0 Å². The Balaban J connectivity index is 2.46. The van der Waals surface area contributed by atoms with Gasteiger partial charge in [-0.15, -0.1) is 0 Å². The van der Waals surface area contributed by atoms with E-state index in [4.69, 9.17) is 4.84 Å². The second-order valence-corrected chi connectivity index (χ2v) is 4.27. The molecule has 0 heterocycles. The van der Waals surface area contributed by atoms with Gasteiger partial charge in [-0.1, -0.05) is 19.0 Å². The minimum absolute atomic E-state index is 0.439. The van der Waals surface area contributed by atoms with Crippen molar-refractivity contribution in [3.8, 4) is 0 Å².